The van der Waals surface area contributed by atoms with Crippen molar-refractivity contribution in [1.29, 1.82) is 0 Å². The van der Waals surface area contributed by atoms with Gasteiger partial charge in [0.25, 0.3) is 0 Å². The van der Waals surface area contributed by atoms with Crippen LogP contribution in [-0.4, -0.2) is 27.7 Å². The van der Waals surface area contributed by atoms with Crippen molar-refractivity contribution in [2.75, 3.05) is 13.2 Å². The van der Waals surface area contributed by atoms with Crippen LogP contribution in [-0.2, 0) is 13.6 Å². The minimum absolute atomic E-state index is 0.398. The number of carbonyl (C=O) groups excluding carboxylic acids is 1. The van der Waals surface area contributed by atoms with Crippen LogP contribution in [0.4, 0.5) is 0 Å². The fourth-order valence-corrected chi connectivity index (χ4v) is 3.75. The summed E-state index contributed by atoms with van der Waals surface area (Å²) >= 11 is 0. The molecule has 0 bridgehead atoms. The van der Waals surface area contributed by atoms with E-state index < -0.39 is 14.5 Å². The number of hydrogen-bond donors (Lipinski definition) is 1. The first kappa shape index (κ1) is 18.7. The molecule has 0 fully saturated rings. The van der Waals surface area contributed by atoms with Gasteiger partial charge in [0.05, 0.1) is 0 Å². The van der Waals surface area contributed by atoms with E-state index in [0.717, 1.165) is 25.7 Å². The number of hydrogen-bond acceptors (Lipinski definition) is 3. The highest BCUT2D eigenvalue weighted by Crippen LogP contribution is 2.14. The van der Waals surface area contributed by atoms with Crippen LogP contribution in [0.3, 0.4) is 0 Å². The summed E-state index contributed by atoms with van der Waals surface area (Å²) in [6.45, 7) is 14.8. The zero-order valence-corrected chi connectivity index (χ0v) is 12.8. The van der Waals surface area contributed by atoms with Crippen LogP contribution in [0, 0.1) is 0 Å². The van der Waals surface area contributed by atoms with Crippen LogP contribution < -0.4 is 5.73 Å². The highest BCUT2D eigenvalue weighted by molar-refractivity contribution is 6.66. The molecular formula is C12H27NO3Si. The van der Waals surface area contributed by atoms with Crippen molar-refractivity contribution in [3.8, 4) is 0 Å². The molecule has 0 aliphatic rings. The predicted molar refractivity (Wildman–Crippen MR) is 74.0 cm³/mol. The van der Waals surface area contributed by atoms with E-state index in [-0.39, 0.29) is 0 Å². The molecule has 0 saturated heterocycles. The third kappa shape index (κ3) is 11.6. The van der Waals surface area contributed by atoms with E-state index in [1.165, 1.54) is 0 Å². The Labute approximate surface area is 106 Å². The second kappa shape index (κ2) is 10.5. The van der Waals surface area contributed by atoms with Gasteiger partial charge in [-0.3, -0.25) is 4.79 Å². The number of carbonyl (C=O) groups is 1. The molecule has 0 aliphatic heterocycles. The van der Waals surface area contributed by atoms with Gasteiger partial charge < -0.3 is 14.6 Å². The zero-order chi connectivity index (χ0) is 13.9. The maximum atomic E-state index is 9.82. The van der Waals surface area contributed by atoms with Crippen molar-refractivity contribution < 1.29 is 13.6 Å². The highest BCUT2D eigenvalue weighted by Gasteiger charge is 2.28. The molecule has 2 N–H and O–H groups in total. The molecule has 0 heterocycles. The van der Waals surface area contributed by atoms with Crippen molar-refractivity contribution in [3.63, 3.8) is 0 Å². The maximum Gasteiger partial charge on any atom is 0.334 e. The summed E-state index contributed by atoms with van der Waals surface area (Å²) in [5, 5.41) is 0. The molecule has 0 unspecified atom stereocenters. The smallest absolute Gasteiger partial charge is 0.334 e. The monoisotopic (exact) mass is 261 g/mol. The summed E-state index contributed by atoms with van der Waals surface area (Å²) in [5.41, 5.74) is 5.09. The summed E-state index contributed by atoms with van der Waals surface area (Å²) in [4.78, 5) is 9.82. The highest BCUT2D eigenvalue weighted by atomic mass is 28.4. The van der Waals surface area contributed by atoms with Gasteiger partial charge in [-0.1, -0.05) is 19.9 Å². The van der Waals surface area contributed by atoms with Gasteiger partial charge in [-0.15, -0.1) is 0 Å². The average molecular weight is 261 g/mol. The lowest BCUT2D eigenvalue weighted by atomic mass is 10.3. The van der Waals surface area contributed by atoms with Gasteiger partial charge >= 0.3 is 8.56 Å². The second-order valence-corrected chi connectivity index (χ2v) is 7.24. The first-order valence-corrected chi connectivity index (χ1v) is 8.58. The lowest BCUT2D eigenvalue weighted by molar-refractivity contribution is -0.114. The Balaban J connectivity index is 0. The first-order chi connectivity index (χ1) is 7.82. The topological polar surface area (TPSA) is 61.6 Å². The minimum atomic E-state index is -1.75. The fourth-order valence-electron chi connectivity index (χ4n) is 1.25. The van der Waals surface area contributed by atoms with E-state index in [1.807, 2.05) is 13.8 Å². The summed E-state index contributed by atoms with van der Waals surface area (Å²) < 4.78 is 11.3. The van der Waals surface area contributed by atoms with Crippen LogP contribution in [0.25, 0.3) is 0 Å². The van der Waals surface area contributed by atoms with Gasteiger partial charge in [0.1, 0.15) is 0 Å². The number of amides is 1. The molecular weight excluding hydrogens is 234 g/mol. The van der Waals surface area contributed by atoms with Crippen molar-refractivity contribution >= 4 is 14.5 Å². The molecule has 1 amide bonds. The SMILES string of the molecule is C=C(C)C(N)=O.CCC[Si](C)(OCC)OCC. The Morgan fingerprint density at radius 2 is 1.59 bits per heavy atom. The standard InChI is InChI=1S/C8H20O2Si.C4H7NO/c1-5-8-11(4,9-6-2)10-7-3;1-3(2)4(5)6/h5-8H2,1-4H3;1H2,2H3,(H2,5,6). The molecule has 0 aromatic carbocycles. The minimum Gasteiger partial charge on any atom is -0.395 e. The van der Waals surface area contributed by atoms with Gasteiger partial charge in [-0.05, 0) is 33.4 Å². The van der Waals surface area contributed by atoms with E-state index in [1.54, 1.807) is 6.92 Å². The van der Waals surface area contributed by atoms with Crippen molar-refractivity contribution in [2.24, 2.45) is 5.73 Å². The lowest BCUT2D eigenvalue weighted by Gasteiger charge is -2.25. The molecule has 4 nitrogen and oxygen atoms in total. The van der Waals surface area contributed by atoms with E-state index in [2.05, 4.69) is 20.0 Å². The van der Waals surface area contributed by atoms with Crippen LogP contribution in [0.2, 0.25) is 12.6 Å². The molecule has 102 valence electrons. The van der Waals surface area contributed by atoms with Crippen LogP contribution in [0.5, 0.6) is 0 Å². The summed E-state index contributed by atoms with van der Waals surface area (Å²) in [6.07, 6.45) is 1.16. The Morgan fingerprint density at radius 1 is 1.24 bits per heavy atom. The number of nitrogens with two attached hydrogens (primary N) is 1. The van der Waals surface area contributed by atoms with E-state index in [9.17, 15) is 4.79 Å². The van der Waals surface area contributed by atoms with E-state index in [4.69, 9.17) is 14.6 Å². The third-order valence-electron chi connectivity index (χ3n) is 2.02. The second-order valence-electron chi connectivity index (χ2n) is 3.89. The number of rotatable bonds is 7. The van der Waals surface area contributed by atoms with Crippen LogP contribution >= 0.6 is 0 Å². The summed E-state index contributed by atoms with van der Waals surface area (Å²) in [6, 6.07) is 1.11. The number of primary amides is 1. The zero-order valence-electron chi connectivity index (χ0n) is 11.8. The van der Waals surface area contributed by atoms with Gasteiger partial charge in [0.2, 0.25) is 5.91 Å². The van der Waals surface area contributed by atoms with Crippen LogP contribution in [0.1, 0.15) is 34.1 Å². The summed E-state index contributed by atoms with van der Waals surface area (Å²) in [5.74, 6) is -0.435. The first-order valence-electron chi connectivity index (χ1n) is 6.06. The molecule has 0 rings (SSSR count). The molecule has 0 aromatic rings. The largest absolute Gasteiger partial charge is 0.395 e. The molecule has 0 saturated carbocycles. The molecule has 17 heavy (non-hydrogen) atoms. The molecule has 0 aliphatic carbocycles. The maximum absolute atomic E-state index is 9.82. The van der Waals surface area contributed by atoms with Gasteiger partial charge in [-0.2, -0.15) is 0 Å². The predicted octanol–water partition coefficient (Wildman–Crippen LogP) is 2.59. The molecule has 0 atom stereocenters. The van der Waals surface area contributed by atoms with Gasteiger partial charge in [-0.25, -0.2) is 0 Å². The summed E-state index contributed by atoms with van der Waals surface area (Å²) in [7, 11) is -1.75. The van der Waals surface area contributed by atoms with E-state index in [0.29, 0.717) is 5.57 Å². The van der Waals surface area contributed by atoms with Gasteiger partial charge in [0, 0.05) is 18.8 Å². The molecule has 0 spiro atoms. The van der Waals surface area contributed by atoms with Gasteiger partial charge in [0.15, 0.2) is 0 Å². The third-order valence-corrected chi connectivity index (χ3v) is 5.23. The lowest BCUT2D eigenvalue weighted by Crippen LogP contribution is -2.38. The molecule has 0 aromatic heterocycles. The normalized spacial score (nSPS) is 10.4. The fraction of sp³-hybridized carbons (Fsp3) is 0.750. The van der Waals surface area contributed by atoms with Crippen LogP contribution in [0.15, 0.2) is 12.2 Å². The average Bonchev–Trinajstić information content (AvgIpc) is 2.19. The quantitative estimate of drug-likeness (QED) is 0.566. The Kier molecular flexibility index (Phi) is 11.6. The van der Waals surface area contributed by atoms with Crippen molar-refractivity contribution in [3.05, 3.63) is 12.2 Å². The Morgan fingerprint density at radius 3 is 1.76 bits per heavy atom. The molecule has 0 radical (unpaired) electrons. The Bertz CT molecular complexity index is 203. The van der Waals surface area contributed by atoms with E-state index >= 15 is 0 Å². The Hall–Kier alpha value is -0.653. The van der Waals surface area contributed by atoms with Crippen molar-refractivity contribution in [2.45, 2.75) is 46.7 Å². The molecule has 5 heteroatoms. The van der Waals surface area contributed by atoms with Crippen molar-refractivity contribution in [1.82, 2.24) is 0 Å².